The van der Waals surface area contributed by atoms with Crippen LogP contribution in [0.4, 0.5) is 0 Å². The van der Waals surface area contributed by atoms with Gasteiger partial charge in [-0.2, -0.15) is 0 Å². The molecule has 3 heteroatoms. The second-order valence-electron chi connectivity index (χ2n) is 2.68. The van der Waals surface area contributed by atoms with Crippen LogP contribution in [0, 0.1) is 0 Å². The van der Waals surface area contributed by atoms with Gasteiger partial charge in [-0.1, -0.05) is 6.08 Å². The van der Waals surface area contributed by atoms with Gasteiger partial charge in [0.25, 0.3) is 0 Å². The average Bonchev–Trinajstić information content (AvgIpc) is 2.09. The maximum Gasteiger partial charge on any atom is 0.142 e. The van der Waals surface area contributed by atoms with E-state index in [4.69, 9.17) is 0 Å². The van der Waals surface area contributed by atoms with Crippen LogP contribution in [-0.2, 0) is 11.2 Å². The molecule has 0 spiro atoms. The van der Waals surface area contributed by atoms with Crippen LogP contribution in [0.25, 0.3) is 0 Å². The molecule has 0 saturated carbocycles. The summed E-state index contributed by atoms with van der Waals surface area (Å²) in [4.78, 5) is 15.3. The topological polar surface area (TPSA) is 30.0 Å². The van der Waals surface area contributed by atoms with Crippen molar-refractivity contribution in [2.45, 2.75) is 12.8 Å². The Labute approximate surface area is 85.8 Å². The van der Waals surface area contributed by atoms with Crippen LogP contribution in [-0.4, -0.2) is 10.8 Å². The molecule has 0 bridgehead atoms. The number of carbonyl (C=O) groups excluding carboxylic acids is 1. The highest BCUT2D eigenvalue weighted by Gasteiger charge is 2.01. The Balaban J connectivity index is 2.59. The fourth-order valence-electron chi connectivity index (χ4n) is 0.946. The van der Waals surface area contributed by atoms with E-state index in [1.165, 1.54) is 0 Å². The van der Waals surface area contributed by atoms with E-state index in [0.29, 0.717) is 12.8 Å². The minimum Gasteiger partial charge on any atom is -0.299 e. The molecule has 1 rings (SSSR count). The van der Waals surface area contributed by atoms with Gasteiger partial charge in [-0.15, -0.1) is 6.58 Å². The number of hydrogen-bond donors (Lipinski definition) is 0. The second-order valence-corrected chi connectivity index (χ2v) is 3.59. The highest BCUT2D eigenvalue weighted by molar-refractivity contribution is 9.10. The Morgan fingerprint density at radius 1 is 1.62 bits per heavy atom. The van der Waals surface area contributed by atoms with E-state index in [9.17, 15) is 4.79 Å². The predicted molar refractivity (Wildman–Crippen MR) is 55.5 cm³/mol. The quantitative estimate of drug-likeness (QED) is 0.757. The normalized spacial score (nSPS) is 9.62. The van der Waals surface area contributed by atoms with Gasteiger partial charge in [0.05, 0.1) is 0 Å². The first-order chi connectivity index (χ1) is 6.22. The largest absolute Gasteiger partial charge is 0.299 e. The van der Waals surface area contributed by atoms with E-state index in [-0.39, 0.29) is 5.78 Å². The molecule has 1 aromatic rings. The van der Waals surface area contributed by atoms with Crippen LogP contribution < -0.4 is 0 Å². The maximum absolute atomic E-state index is 11.2. The molecule has 0 aliphatic rings. The number of carbonyl (C=O) groups is 1. The van der Waals surface area contributed by atoms with E-state index >= 15 is 0 Å². The Kier molecular flexibility index (Phi) is 3.83. The number of halogens is 1. The summed E-state index contributed by atoms with van der Waals surface area (Å²) in [6, 6.07) is 3.72. The third-order valence-electron chi connectivity index (χ3n) is 1.54. The molecule has 0 atom stereocenters. The Hall–Kier alpha value is -0.960. The van der Waals surface area contributed by atoms with Crippen molar-refractivity contribution < 1.29 is 4.79 Å². The fourth-order valence-corrected chi connectivity index (χ4v) is 1.18. The van der Waals surface area contributed by atoms with E-state index in [0.717, 1.165) is 10.2 Å². The van der Waals surface area contributed by atoms with Gasteiger partial charge in [0, 0.05) is 29.2 Å². The van der Waals surface area contributed by atoms with E-state index in [2.05, 4.69) is 27.5 Å². The smallest absolute Gasteiger partial charge is 0.142 e. The van der Waals surface area contributed by atoms with Gasteiger partial charge < -0.3 is 0 Å². The zero-order valence-electron chi connectivity index (χ0n) is 7.16. The summed E-state index contributed by atoms with van der Waals surface area (Å²) in [5.74, 6) is 0.143. The molecule has 68 valence electrons. The molecule has 0 saturated heterocycles. The molecule has 0 fully saturated rings. The molecule has 0 N–H and O–H groups in total. The van der Waals surface area contributed by atoms with Crippen LogP contribution in [0.15, 0.2) is 35.5 Å². The van der Waals surface area contributed by atoms with E-state index in [1.54, 1.807) is 12.3 Å². The number of Topliss-reactive ketones (excluding diaryl/α,β-unsaturated/α-hetero) is 1. The summed E-state index contributed by atoms with van der Waals surface area (Å²) in [5.41, 5.74) is 0.801. The van der Waals surface area contributed by atoms with Crippen LogP contribution in [0.1, 0.15) is 12.1 Å². The molecule has 2 nitrogen and oxygen atoms in total. The van der Waals surface area contributed by atoms with E-state index < -0.39 is 0 Å². The third kappa shape index (κ3) is 3.51. The summed E-state index contributed by atoms with van der Waals surface area (Å²) in [5, 5.41) is 0. The number of pyridine rings is 1. The van der Waals surface area contributed by atoms with Crippen molar-refractivity contribution in [2.24, 2.45) is 0 Å². The minimum absolute atomic E-state index is 0.143. The van der Waals surface area contributed by atoms with Crippen molar-refractivity contribution >= 4 is 21.7 Å². The predicted octanol–water partition coefficient (Wildman–Crippen LogP) is 2.53. The van der Waals surface area contributed by atoms with Gasteiger partial charge in [0.1, 0.15) is 5.78 Å². The van der Waals surface area contributed by atoms with Crippen LogP contribution in [0.5, 0.6) is 0 Å². The zero-order valence-corrected chi connectivity index (χ0v) is 8.75. The summed E-state index contributed by atoms with van der Waals surface area (Å²) >= 11 is 3.28. The highest BCUT2D eigenvalue weighted by atomic mass is 79.9. The minimum atomic E-state index is 0.143. The van der Waals surface area contributed by atoms with Crippen molar-refractivity contribution in [1.82, 2.24) is 4.98 Å². The lowest BCUT2D eigenvalue weighted by atomic mass is 10.1. The van der Waals surface area contributed by atoms with Crippen LogP contribution >= 0.6 is 15.9 Å². The van der Waals surface area contributed by atoms with E-state index in [1.807, 2.05) is 12.1 Å². The summed E-state index contributed by atoms with van der Waals surface area (Å²) in [7, 11) is 0. The van der Waals surface area contributed by atoms with Crippen molar-refractivity contribution in [1.29, 1.82) is 0 Å². The first-order valence-corrected chi connectivity index (χ1v) is 4.74. The Bertz CT molecular complexity index is 305. The number of aromatic nitrogens is 1. The summed E-state index contributed by atoms with van der Waals surface area (Å²) in [6.07, 6.45) is 4.11. The average molecular weight is 240 g/mol. The molecule has 0 amide bonds. The molecule has 1 heterocycles. The van der Waals surface area contributed by atoms with Gasteiger partial charge >= 0.3 is 0 Å². The number of allylic oxidation sites excluding steroid dienone is 1. The standard InChI is InChI=1S/C10H10BrNO/c1-2-3-10(13)6-9-5-4-8(11)7-12-9/h2,4-5,7H,1,3,6H2. The lowest BCUT2D eigenvalue weighted by Gasteiger charge is -1.97. The lowest BCUT2D eigenvalue weighted by Crippen LogP contribution is -2.02. The maximum atomic E-state index is 11.2. The number of rotatable bonds is 4. The molecule has 0 aromatic carbocycles. The van der Waals surface area contributed by atoms with Crippen molar-refractivity contribution in [3.63, 3.8) is 0 Å². The SMILES string of the molecule is C=CCC(=O)Cc1ccc(Br)cn1. The Morgan fingerprint density at radius 3 is 2.92 bits per heavy atom. The van der Waals surface area contributed by atoms with Crippen molar-refractivity contribution in [2.75, 3.05) is 0 Å². The number of ketones is 1. The van der Waals surface area contributed by atoms with Crippen molar-refractivity contribution in [3.05, 3.63) is 41.2 Å². The summed E-state index contributed by atoms with van der Waals surface area (Å²) in [6.45, 7) is 3.51. The van der Waals surface area contributed by atoms with Gasteiger partial charge in [-0.3, -0.25) is 9.78 Å². The highest BCUT2D eigenvalue weighted by Crippen LogP contribution is 2.08. The third-order valence-corrected chi connectivity index (χ3v) is 2.01. The van der Waals surface area contributed by atoms with Gasteiger partial charge in [0.2, 0.25) is 0 Å². The molecule has 0 aliphatic heterocycles. The fraction of sp³-hybridized carbons (Fsp3) is 0.200. The van der Waals surface area contributed by atoms with Crippen LogP contribution in [0.3, 0.4) is 0 Å². The van der Waals surface area contributed by atoms with Crippen LogP contribution in [0.2, 0.25) is 0 Å². The molecule has 0 unspecified atom stereocenters. The van der Waals surface area contributed by atoms with Gasteiger partial charge in [-0.05, 0) is 28.1 Å². The second kappa shape index (κ2) is 4.92. The molecule has 0 aliphatic carbocycles. The summed E-state index contributed by atoms with van der Waals surface area (Å²) < 4.78 is 0.924. The number of nitrogens with zero attached hydrogens (tertiary/aromatic N) is 1. The van der Waals surface area contributed by atoms with Gasteiger partial charge in [-0.25, -0.2) is 0 Å². The first-order valence-electron chi connectivity index (χ1n) is 3.95. The Morgan fingerprint density at radius 2 is 2.38 bits per heavy atom. The molecule has 1 aromatic heterocycles. The van der Waals surface area contributed by atoms with Crippen molar-refractivity contribution in [3.8, 4) is 0 Å². The number of hydrogen-bond acceptors (Lipinski definition) is 2. The van der Waals surface area contributed by atoms with Gasteiger partial charge in [0.15, 0.2) is 0 Å². The molecular weight excluding hydrogens is 230 g/mol. The molecule has 13 heavy (non-hydrogen) atoms. The molecule has 0 radical (unpaired) electrons. The molecular formula is C10H10BrNO. The first kappa shape index (κ1) is 10.1. The lowest BCUT2D eigenvalue weighted by molar-refractivity contribution is -0.117. The monoisotopic (exact) mass is 239 g/mol. The zero-order chi connectivity index (χ0) is 9.68.